The van der Waals surface area contributed by atoms with Gasteiger partial charge in [-0.2, -0.15) is 0 Å². The molecule has 0 bridgehead atoms. The van der Waals surface area contributed by atoms with E-state index in [0.717, 1.165) is 0 Å². The average Bonchev–Trinajstić information content (AvgIpc) is 2.73. The summed E-state index contributed by atoms with van der Waals surface area (Å²) in [5.41, 5.74) is 0.0655. The van der Waals surface area contributed by atoms with E-state index in [1.165, 1.54) is 17.8 Å². The topological polar surface area (TPSA) is 71.8 Å². The lowest BCUT2D eigenvalue weighted by molar-refractivity contribution is -0.387. The fourth-order valence-corrected chi connectivity index (χ4v) is 2.30. The highest BCUT2D eigenvalue weighted by molar-refractivity contribution is 9.10. The van der Waals surface area contributed by atoms with Crippen LogP contribution in [0.1, 0.15) is 0 Å². The highest BCUT2D eigenvalue weighted by Crippen LogP contribution is 2.34. The van der Waals surface area contributed by atoms with Crippen molar-refractivity contribution in [3.8, 4) is 0 Å². The lowest BCUT2D eigenvalue weighted by Crippen LogP contribution is -1.91. The first-order valence-electron chi connectivity index (χ1n) is 4.28. The Morgan fingerprint density at radius 2 is 2.31 bits per heavy atom. The zero-order chi connectivity index (χ0) is 11.5. The van der Waals surface area contributed by atoms with Crippen LogP contribution in [0.5, 0.6) is 0 Å². The summed E-state index contributed by atoms with van der Waals surface area (Å²) in [4.78, 5) is 17.9. The number of nitrogens with zero attached hydrogens (tertiary/aromatic N) is 2. The molecule has 5 nitrogen and oxygen atoms in total. The summed E-state index contributed by atoms with van der Waals surface area (Å²) < 4.78 is 0.683. The number of aromatic amines is 1. The summed E-state index contributed by atoms with van der Waals surface area (Å²) in [7, 11) is 0. The van der Waals surface area contributed by atoms with Crippen LogP contribution in [0.15, 0.2) is 45.1 Å². The second-order valence-electron chi connectivity index (χ2n) is 2.87. The van der Waals surface area contributed by atoms with E-state index in [1.54, 1.807) is 24.5 Å². The average molecular weight is 300 g/mol. The summed E-state index contributed by atoms with van der Waals surface area (Å²) in [5, 5.41) is 11.5. The smallest absolute Gasteiger partial charge is 0.284 e. The fourth-order valence-electron chi connectivity index (χ4n) is 1.13. The number of nitro benzene ring substituents is 1. The van der Waals surface area contributed by atoms with Crippen molar-refractivity contribution in [2.75, 3.05) is 0 Å². The molecule has 1 aromatic carbocycles. The van der Waals surface area contributed by atoms with Crippen molar-refractivity contribution < 1.29 is 4.92 Å². The van der Waals surface area contributed by atoms with Gasteiger partial charge in [0.05, 0.1) is 9.82 Å². The molecule has 1 heterocycles. The fraction of sp³-hybridized carbons (Fsp3) is 0. The largest absolute Gasteiger partial charge is 0.339 e. The summed E-state index contributed by atoms with van der Waals surface area (Å²) in [6.07, 6.45) is 3.28. The van der Waals surface area contributed by atoms with Crippen molar-refractivity contribution in [1.29, 1.82) is 0 Å². The maximum absolute atomic E-state index is 10.8. The molecule has 2 rings (SSSR count). The highest BCUT2D eigenvalue weighted by Gasteiger charge is 2.15. The molecule has 0 aliphatic carbocycles. The third-order valence-electron chi connectivity index (χ3n) is 1.80. The highest BCUT2D eigenvalue weighted by atomic mass is 79.9. The van der Waals surface area contributed by atoms with Gasteiger partial charge in [0.2, 0.25) is 0 Å². The molecule has 0 atom stereocenters. The first-order valence-corrected chi connectivity index (χ1v) is 5.89. The number of aromatic nitrogens is 2. The molecule has 1 N–H and O–H groups in total. The second-order valence-corrected chi connectivity index (χ2v) is 4.81. The maximum Gasteiger partial charge on any atom is 0.284 e. The quantitative estimate of drug-likeness (QED) is 0.697. The minimum absolute atomic E-state index is 0.0655. The molecule has 0 spiro atoms. The number of halogens is 1. The van der Waals surface area contributed by atoms with E-state index in [1.807, 2.05) is 0 Å². The van der Waals surface area contributed by atoms with Crippen molar-refractivity contribution in [3.05, 3.63) is 45.2 Å². The van der Waals surface area contributed by atoms with Crippen LogP contribution in [0.2, 0.25) is 0 Å². The molecule has 0 saturated carbocycles. The van der Waals surface area contributed by atoms with Crippen LogP contribution in [0, 0.1) is 10.1 Å². The number of benzene rings is 1. The molecule has 0 aliphatic rings. The first kappa shape index (κ1) is 11.2. The van der Waals surface area contributed by atoms with E-state index in [4.69, 9.17) is 0 Å². The van der Waals surface area contributed by atoms with Gasteiger partial charge in [0.25, 0.3) is 5.69 Å². The van der Waals surface area contributed by atoms with Crippen molar-refractivity contribution in [1.82, 2.24) is 9.97 Å². The van der Waals surface area contributed by atoms with Gasteiger partial charge in [-0.05, 0) is 23.9 Å². The van der Waals surface area contributed by atoms with E-state index >= 15 is 0 Å². The SMILES string of the molecule is O=[N+]([O-])c1cc(Br)ccc1Sc1ncc[nH]1. The van der Waals surface area contributed by atoms with E-state index < -0.39 is 4.92 Å². The third kappa shape index (κ3) is 2.42. The molecule has 0 amide bonds. The van der Waals surface area contributed by atoms with Gasteiger partial charge in [0.1, 0.15) is 0 Å². The van der Waals surface area contributed by atoms with Crippen molar-refractivity contribution in [2.24, 2.45) is 0 Å². The van der Waals surface area contributed by atoms with E-state index in [9.17, 15) is 10.1 Å². The van der Waals surface area contributed by atoms with E-state index in [-0.39, 0.29) is 5.69 Å². The number of nitrogens with one attached hydrogen (secondary N) is 1. The van der Waals surface area contributed by atoms with Crippen LogP contribution in [-0.4, -0.2) is 14.9 Å². The van der Waals surface area contributed by atoms with Crippen LogP contribution in [0.4, 0.5) is 5.69 Å². The van der Waals surface area contributed by atoms with Gasteiger partial charge in [-0.15, -0.1) is 0 Å². The van der Waals surface area contributed by atoms with E-state index in [2.05, 4.69) is 25.9 Å². The Morgan fingerprint density at radius 1 is 1.50 bits per heavy atom. The van der Waals surface area contributed by atoms with Gasteiger partial charge in [0.15, 0.2) is 5.16 Å². The molecule has 0 saturated heterocycles. The molecule has 0 radical (unpaired) electrons. The van der Waals surface area contributed by atoms with Gasteiger partial charge < -0.3 is 4.98 Å². The van der Waals surface area contributed by atoms with Gasteiger partial charge in [-0.3, -0.25) is 10.1 Å². The number of H-pyrrole nitrogens is 1. The molecule has 2 aromatic rings. The monoisotopic (exact) mass is 299 g/mol. The Balaban J connectivity index is 2.36. The number of hydrogen-bond acceptors (Lipinski definition) is 4. The van der Waals surface area contributed by atoms with Gasteiger partial charge >= 0.3 is 0 Å². The third-order valence-corrected chi connectivity index (χ3v) is 3.27. The van der Waals surface area contributed by atoms with Gasteiger partial charge in [-0.1, -0.05) is 15.9 Å². The van der Waals surface area contributed by atoms with E-state index in [0.29, 0.717) is 14.5 Å². The maximum atomic E-state index is 10.8. The molecule has 0 unspecified atom stereocenters. The molecule has 0 aliphatic heterocycles. The number of rotatable bonds is 3. The molecular weight excluding hydrogens is 294 g/mol. The summed E-state index contributed by atoms with van der Waals surface area (Å²) in [6, 6.07) is 4.93. The van der Waals surface area contributed by atoms with Crippen molar-refractivity contribution >= 4 is 33.4 Å². The molecule has 82 valence electrons. The van der Waals surface area contributed by atoms with Crippen LogP contribution in [0.25, 0.3) is 0 Å². The van der Waals surface area contributed by atoms with Crippen LogP contribution in [0.3, 0.4) is 0 Å². The number of hydrogen-bond donors (Lipinski definition) is 1. The first-order chi connectivity index (χ1) is 7.66. The second kappa shape index (κ2) is 4.67. The lowest BCUT2D eigenvalue weighted by Gasteiger charge is -2.00. The predicted molar refractivity (Wildman–Crippen MR) is 63.5 cm³/mol. The van der Waals surface area contributed by atoms with Crippen molar-refractivity contribution in [3.63, 3.8) is 0 Å². The zero-order valence-electron chi connectivity index (χ0n) is 7.88. The zero-order valence-corrected chi connectivity index (χ0v) is 10.3. The molecule has 7 heteroatoms. The van der Waals surface area contributed by atoms with Gasteiger partial charge in [0, 0.05) is 22.9 Å². The number of imidazole rings is 1. The van der Waals surface area contributed by atoms with Crippen LogP contribution in [-0.2, 0) is 0 Å². The summed E-state index contributed by atoms with van der Waals surface area (Å²) in [5.74, 6) is 0. The summed E-state index contributed by atoms with van der Waals surface area (Å²) >= 11 is 4.43. The minimum Gasteiger partial charge on any atom is -0.339 e. The van der Waals surface area contributed by atoms with Crippen molar-refractivity contribution in [2.45, 2.75) is 10.1 Å². The molecule has 1 aromatic heterocycles. The lowest BCUT2D eigenvalue weighted by atomic mass is 10.3. The van der Waals surface area contributed by atoms with Crippen LogP contribution >= 0.6 is 27.7 Å². The molecule has 16 heavy (non-hydrogen) atoms. The minimum atomic E-state index is -0.407. The number of nitro groups is 1. The predicted octanol–water partition coefficient (Wildman–Crippen LogP) is 3.23. The Labute approximate surface area is 104 Å². The standard InChI is InChI=1S/C9H6BrN3O2S/c10-6-1-2-8(7(5-6)13(14)15)16-9-11-3-4-12-9/h1-5H,(H,11,12). The van der Waals surface area contributed by atoms with Crippen LogP contribution < -0.4 is 0 Å². The Kier molecular flexibility index (Phi) is 3.25. The normalized spacial score (nSPS) is 10.3. The Bertz CT molecular complexity index is 515. The molecule has 0 fully saturated rings. The Morgan fingerprint density at radius 3 is 2.94 bits per heavy atom. The summed E-state index contributed by atoms with van der Waals surface area (Å²) in [6.45, 7) is 0. The molecular formula is C9H6BrN3O2S. The van der Waals surface area contributed by atoms with Gasteiger partial charge in [-0.25, -0.2) is 4.98 Å². The Hall–Kier alpha value is -1.34.